The summed E-state index contributed by atoms with van der Waals surface area (Å²) in [6, 6.07) is 11.8. The molecule has 0 aliphatic rings. The summed E-state index contributed by atoms with van der Waals surface area (Å²) in [7, 11) is 0. The lowest BCUT2D eigenvalue weighted by atomic mass is 9.98. The zero-order valence-electron chi connectivity index (χ0n) is 19.3. The SMILES string of the molecule is CCCCCc1ccc(-c2ccc(C(=O)OCCC(C)CCCC(C)C)cc2)nc1. The minimum atomic E-state index is -0.241. The average molecular weight is 410 g/mol. The molecule has 0 spiro atoms. The van der Waals surface area contributed by atoms with Crippen molar-refractivity contribution in [1.82, 2.24) is 4.98 Å². The largest absolute Gasteiger partial charge is 0.462 e. The number of carbonyl (C=O) groups excluding carboxylic acids is 1. The Kier molecular flexibility index (Phi) is 10.6. The van der Waals surface area contributed by atoms with Crippen LogP contribution in [0.3, 0.4) is 0 Å². The van der Waals surface area contributed by atoms with E-state index >= 15 is 0 Å². The van der Waals surface area contributed by atoms with E-state index in [-0.39, 0.29) is 5.97 Å². The van der Waals surface area contributed by atoms with E-state index in [1.54, 1.807) is 0 Å². The molecule has 0 bridgehead atoms. The zero-order valence-corrected chi connectivity index (χ0v) is 19.3. The maximum absolute atomic E-state index is 12.3. The Morgan fingerprint density at radius 1 is 0.933 bits per heavy atom. The first-order valence-electron chi connectivity index (χ1n) is 11.7. The molecule has 0 aliphatic heterocycles. The first-order chi connectivity index (χ1) is 14.5. The standard InChI is InChI=1S/C27H39NO2/c1-5-6-7-11-23-12-17-26(28-20-23)24-13-15-25(16-14-24)27(29)30-19-18-22(4)10-8-9-21(2)3/h12-17,20-22H,5-11,18-19H2,1-4H3. The number of aromatic nitrogens is 1. The van der Waals surface area contributed by atoms with Crippen LogP contribution in [0.4, 0.5) is 0 Å². The molecule has 1 aromatic carbocycles. The maximum Gasteiger partial charge on any atom is 0.338 e. The van der Waals surface area contributed by atoms with Crippen molar-refractivity contribution in [2.45, 2.75) is 79.1 Å². The number of nitrogens with zero attached hydrogens (tertiary/aromatic N) is 1. The number of esters is 1. The highest BCUT2D eigenvalue weighted by Gasteiger charge is 2.10. The van der Waals surface area contributed by atoms with Gasteiger partial charge in [-0.3, -0.25) is 4.98 Å². The lowest BCUT2D eigenvalue weighted by Crippen LogP contribution is -2.09. The first-order valence-corrected chi connectivity index (χ1v) is 11.7. The molecule has 0 amide bonds. The second kappa shape index (κ2) is 13.2. The van der Waals surface area contributed by atoms with Gasteiger partial charge in [-0.1, -0.05) is 78.0 Å². The van der Waals surface area contributed by atoms with E-state index in [0.29, 0.717) is 18.1 Å². The van der Waals surface area contributed by atoms with Gasteiger partial charge in [-0.2, -0.15) is 0 Å². The Bertz CT molecular complexity index is 734. The molecule has 0 saturated carbocycles. The predicted octanol–water partition coefficient (Wildman–Crippen LogP) is 7.49. The molecule has 30 heavy (non-hydrogen) atoms. The van der Waals surface area contributed by atoms with Crippen LogP contribution in [0.5, 0.6) is 0 Å². The molecule has 2 rings (SSSR count). The van der Waals surface area contributed by atoms with Gasteiger partial charge in [-0.05, 0) is 54.9 Å². The molecular formula is C27H39NO2. The van der Waals surface area contributed by atoms with Crippen LogP contribution in [-0.4, -0.2) is 17.6 Å². The molecule has 3 heteroatoms. The van der Waals surface area contributed by atoms with E-state index in [1.165, 1.54) is 44.1 Å². The van der Waals surface area contributed by atoms with Crippen LogP contribution in [0.15, 0.2) is 42.6 Å². The second-order valence-electron chi connectivity index (χ2n) is 8.94. The molecule has 1 unspecified atom stereocenters. The van der Waals surface area contributed by atoms with Crippen LogP contribution in [0, 0.1) is 11.8 Å². The summed E-state index contributed by atoms with van der Waals surface area (Å²) in [6.45, 7) is 9.47. The molecule has 0 fully saturated rings. The fourth-order valence-electron chi connectivity index (χ4n) is 3.55. The van der Waals surface area contributed by atoms with Crippen molar-refractivity contribution in [3.63, 3.8) is 0 Å². The number of carbonyl (C=O) groups is 1. The number of pyridine rings is 1. The van der Waals surface area contributed by atoms with Gasteiger partial charge in [0.05, 0.1) is 17.9 Å². The quantitative estimate of drug-likeness (QED) is 0.254. The number of aryl methyl sites for hydroxylation is 1. The van der Waals surface area contributed by atoms with Gasteiger partial charge in [0.2, 0.25) is 0 Å². The number of rotatable bonds is 13. The van der Waals surface area contributed by atoms with Gasteiger partial charge in [-0.25, -0.2) is 4.79 Å². The lowest BCUT2D eigenvalue weighted by molar-refractivity contribution is 0.0483. The summed E-state index contributed by atoms with van der Waals surface area (Å²) < 4.78 is 5.48. The van der Waals surface area contributed by atoms with Crippen LogP contribution in [0.2, 0.25) is 0 Å². The number of hydrogen-bond acceptors (Lipinski definition) is 3. The Labute approximate surface area is 183 Å². The normalized spacial score (nSPS) is 12.2. The molecule has 1 aromatic heterocycles. The topological polar surface area (TPSA) is 39.2 Å². The zero-order chi connectivity index (χ0) is 21.8. The lowest BCUT2D eigenvalue weighted by Gasteiger charge is -2.12. The molecular weight excluding hydrogens is 370 g/mol. The van der Waals surface area contributed by atoms with Gasteiger partial charge < -0.3 is 4.74 Å². The van der Waals surface area contributed by atoms with Crippen molar-refractivity contribution in [2.24, 2.45) is 11.8 Å². The molecule has 0 radical (unpaired) electrons. The van der Waals surface area contributed by atoms with E-state index in [4.69, 9.17) is 4.74 Å². The highest BCUT2D eigenvalue weighted by Crippen LogP contribution is 2.20. The molecule has 164 valence electrons. The molecule has 0 saturated heterocycles. The molecule has 2 aromatic rings. The number of hydrogen-bond donors (Lipinski definition) is 0. The highest BCUT2D eigenvalue weighted by atomic mass is 16.5. The summed E-state index contributed by atoms with van der Waals surface area (Å²) in [5.74, 6) is 1.11. The second-order valence-corrected chi connectivity index (χ2v) is 8.94. The summed E-state index contributed by atoms with van der Waals surface area (Å²) >= 11 is 0. The highest BCUT2D eigenvalue weighted by molar-refractivity contribution is 5.90. The molecule has 0 N–H and O–H groups in total. The Balaban J connectivity index is 1.78. The van der Waals surface area contributed by atoms with Crippen molar-refractivity contribution < 1.29 is 9.53 Å². The Morgan fingerprint density at radius 3 is 2.33 bits per heavy atom. The smallest absolute Gasteiger partial charge is 0.338 e. The molecule has 1 atom stereocenters. The van der Waals surface area contributed by atoms with Gasteiger partial charge in [0.15, 0.2) is 0 Å². The van der Waals surface area contributed by atoms with Crippen LogP contribution in [0.1, 0.15) is 88.6 Å². The fourth-order valence-corrected chi connectivity index (χ4v) is 3.55. The third kappa shape index (κ3) is 8.69. The third-order valence-electron chi connectivity index (χ3n) is 5.63. The van der Waals surface area contributed by atoms with Crippen LogP contribution < -0.4 is 0 Å². The monoisotopic (exact) mass is 409 g/mol. The molecule has 3 nitrogen and oxygen atoms in total. The number of benzene rings is 1. The van der Waals surface area contributed by atoms with E-state index in [2.05, 4.69) is 44.8 Å². The van der Waals surface area contributed by atoms with Crippen molar-refractivity contribution in [1.29, 1.82) is 0 Å². The van der Waals surface area contributed by atoms with E-state index in [0.717, 1.165) is 30.0 Å². The van der Waals surface area contributed by atoms with Gasteiger partial charge in [0.1, 0.15) is 0 Å². The van der Waals surface area contributed by atoms with Gasteiger partial charge in [0.25, 0.3) is 0 Å². The van der Waals surface area contributed by atoms with Crippen molar-refractivity contribution in [2.75, 3.05) is 6.61 Å². The van der Waals surface area contributed by atoms with Gasteiger partial charge >= 0.3 is 5.97 Å². The van der Waals surface area contributed by atoms with Crippen LogP contribution in [-0.2, 0) is 11.2 Å². The molecule has 0 aliphatic carbocycles. The van der Waals surface area contributed by atoms with Crippen LogP contribution >= 0.6 is 0 Å². The third-order valence-corrected chi connectivity index (χ3v) is 5.63. The van der Waals surface area contributed by atoms with Crippen molar-refractivity contribution in [3.8, 4) is 11.3 Å². The maximum atomic E-state index is 12.3. The van der Waals surface area contributed by atoms with Crippen LogP contribution in [0.25, 0.3) is 11.3 Å². The Hall–Kier alpha value is -2.16. The van der Waals surface area contributed by atoms with E-state index in [9.17, 15) is 4.79 Å². The van der Waals surface area contributed by atoms with Gasteiger partial charge in [-0.15, -0.1) is 0 Å². The first kappa shape index (κ1) is 24.1. The van der Waals surface area contributed by atoms with Crippen molar-refractivity contribution >= 4 is 5.97 Å². The average Bonchev–Trinajstić information content (AvgIpc) is 2.74. The Morgan fingerprint density at radius 2 is 1.70 bits per heavy atom. The predicted molar refractivity (Wildman–Crippen MR) is 126 cm³/mol. The minimum absolute atomic E-state index is 0.241. The summed E-state index contributed by atoms with van der Waals surface area (Å²) in [6.07, 6.45) is 11.4. The summed E-state index contributed by atoms with van der Waals surface area (Å²) in [5.41, 5.74) is 3.84. The van der Waals surface area contributed by atoms with Crippen molar-refractivity contribution in [3.05, 3.63) is 53.7 Å². The van der Waals surface area contributed by atoms with Gasteiger partial charge in [0, 0.05) is 11.8 Å². The van der Waals surface area contributed by atoms with E-state index in [1.807, 2.05) is 30.5 Å². The fraction of sp³-hybridized carbons (Fsp3) is 0.556. The van der Waals surface area contributed by atoms with E-state index < -0.39 is 0 Å². The summed E-state index contributed by atoms with van der Waals surface area (Å²) in [4.78, 5) is 16.9. The summed E-state index contributed by atoms with van der Waals surface area (Å²) in [5, 5.41) is 0. The molecule has 1 heterocycles. The number of unbranched alkanes of at least 4 members (excludes halogenated alkanes) is 2. The minimum Gasteiger partial charge on any atom is -0.462 e. The number of ether oxygens (including phenoxy) is 1.